The van der Waals surface area contributed by atoms with Gasteiger partial charge in [0.25, 0.3) is 0 Å². The first kappa shape index (κ1) is 18.3. The summed E-state index contributed by atoms with van der Waals surface area (Å²) < 4.78 is 17.2. The van der Waals surface area contributed by atoms with E-state index >= 15 is 0 Å². The van der Waals surface area contributed by atoms with Gasteiger partial charge in [-0.05, 0) is 36.3 Å². The van der Waals surface area contributed by atoms with Gasteiger partial charge in [0.15, 0.2) is 14.4 Å². The number of rotatable bonds is 3. The first-order valence-corrected chi connectivity index (χ1v) is 11.1. The van der Waals surface area contributed by atoms with Gasteiger partial charge >= 0.3 is 5.97 Å². The summed E-state index contributed by atoms with van der Waals surface area (Å²) in [6.45, 7) is 11.0. The Morgan fingerprint density at radius 3 is 2.57 bits per heavy atom. The standard InChI is InChI=1S/C17H25ClO4Si/c1-17(2,3)23(5,6)22-14-10-15(16(19)20-4)21-13-8-7-11(18)9-12(13)14/h7-9,14-15H,10H2,1-6H3/t14-,15-/m1/s1. The van der Waals surface area contributed by atoms with Crippen molar-refractivity contribution in [3.63, 3.8) is 0 Å². The summed E-state index contributed by atoms with van der Waals surface area (Å²) >= 11 is 6.14. The van der Waals surface area contributed by atoms with Crippen molar-refractivity contribution in [1.82, 2.24) is 0 Å². The number of halogens is 1. The number of methoxy groups -OCH3 is 1. The van der Waals surface area contributed by atoms with Gasteiger partial charge in [0.2, 0.25) is 0 Å². The van der Waals surface area contributed by atoms with E-state index in [1.54, 1.807) is 12.1 Å². The minimum atomic E-state index is -2.00. The number of fused-ring (bicyclic) bond motifs is 1. The van der Waals surface area contributed by atoms with Crippen molar-refractivity contribution >= 4 is 25.9 Å². The second-order valence-corrected chi connectivity index (χ2v) is 12.6. The zero-order chi connectivity index (χ0) is 17.4. The Balaban J connectivity index is 2.37. The number of hydrogen-bond acceptors (Lipinski definition) is 4. The van der Waals surface area contributed by atoms with E-state index in [1.165, 1.54) is 7.11 Å². The molecule has 0 fully saturated rings. The molecule has 0 unspecified atom stereocenters. The Morgan fingerprint density at radius 1 is 1.35 bits per heavy atom. The molecule has 0 saturated heterocycles. The third-order valence-electron chi connectivity index (χ3n) is 4.72. The molecule has 0 radical (unpaired) electrons. The van der Waals surface area contributed by atoms with Crippen molar-refractivity contribution in [1.29, 1.82) is 0 Å². The first-order valence-electron chi connectivity index (χ1n) is 7.77. The average Bonchev–Trinajstić information content (AvgIpc) is 2.45. The minimum absolute atomic E-state index is 0.0742. The molecule has 4 nitrogen and oxygen atoms in total. The van der Waals surface area contributed by atoms with Crippen LogP contribution < -0.4 is 4.74 Å². The number of hydrogen-bond donors (Lipinski definition) is 0. The van der Waals surface area contributed by atoms with Crippen LogP contribution in [-0.2, 0) is 14.0 Å². The second-order valence-electron chi connectivity index (χ2n) is 7.41. The van der Waals surface area contributed by atoms with Crippen LogP contribution >= 0.6 is 11.6 Å². The fourth-order valence-corrected chi connectivity index (χ4v) is 3.79. The average molecular weight is 357 g/mol. The van der Waals surface area contributed by atoms with Crippen LogP contribution in [0.25, 0.3) is 0 Å². The molecule has 1 aromatic carbocycles. The van der Waals surface area contributed by atoms with Crippen molar-refractivity contribution in [3.8, 4) is 5.75 Å². The molecule has 0 saturated carbocycles. The summed E-state index contributed by atoms with van der Waals surface area (Å²) in [5.74, 6) is 0.259. The molecule has 2 atom stereocenters. The number of esters is 1. The Kier molecular flexibility index (Phi) is 5.14. The molecule has 0 aliphatic carbocycles. The molecule has 1 aromatic rings. The topological polar surface area (TPSA) is 44.8 Å². The molecule has 6 heteroatoms. The van der Waals surface area contributed by atoms with Gasteiger partial charge in [-0.3, -0.25) is 0 Å². The van der Waals surface area contributed by atoms with Gasteiger partial charge in [-0.25, -0.2) is 4.79 Å². The van der Waals surface area contributed by atoms with E-state index in [0.29, 0.717) is 17.2 Å². The van der Waals surface area contributed by atoms with Gasteiger partial charge in [0.05, 0.1) is 13.2 Å². The molecular formula is C17H25ClO4Si. The number of carbonyl (C=O) groups excluding carboxylic acids is 1. The Morgan fingerprint density at radius 2 is 2.00 bits per heavy atom. The lowest BCUT2D eigenvalue weighted by molar-refractivity contribution is -0.151. The predicted molar refractivity (Wildman–Crippen MR) is 93.5 cm³/mol. The van der Waals surface area contributed by atoms with Crippen molar-refractivity contribution in [2.24, 2.45) is 0 Å². The highest BCUT2D eigenvalue weighted by atomic mass is 35.5. The van der Waals surface area contributed by atoms with Gasteiger partial charge in [-0.15, -0.1) is 0 Å². The van der Waals surface area contributed by atoms with E-state index in [2.05, 4.69) is 33.9 Å². The monoisotopic (exact) mass is 356 g/mol. The summed E-state index contributed by atoms with van der Waals surface area (Å²) in [5.41, 5.74) is 0.905. The van der Waals surface area contributed by atoms with Crippen LogP contribution in [0.4, 0.5) is 0 Å². The molecule has 0 amide bonds. The molecule has 1 heterocycles. The molecule has 0 aromatic heterocycles. The van der Waals surface area contributed by atoms with E-state index in [9.17, 15) is 4.79 Å². The molecule has 0 bridgehead atoms. The highest BCUT2D eigenvalue weighted by Gasteiger charge is 2.43. The maximum Gasteiger partial charge on any atom is 0.347 e. The molecule has 1 aliphatic heterocycles. The quantitative estimate of drug-likeness (QED) is 0.580. The maximum absolute atomic E-state index is 11.9. The second kappa shape index (κ2) is 6.46. The van der Waals surface area contributed by atoms with Crippen molar-refractivity contribution < 1.29 is 18.7 Å². The third-order valence-corrected chi connectivity index (χ3v) is 9.44. The van der Waals surface area contributed by atoms with Crippen LogP contribution in [0.5, 0.6) is 5.75 Å². The van der Waals surface area contributed by atoms with Gasteiger partial charge in [-0.1, -0.05) is 32.4 Å². The van der Waals surface area contributed by atoms with E-state index in [1.807, 2.05) is 6.07 Å². The van der Waals surface area contributed by atoms with Crippen molar-refractivity contribution in [2.45, 2.75) is 57.5 Å². The smallest absolute Gasteiger partial charge is 0.347 e. The fourth-order valence-electron chi connectivity index (χ4n) is 2.32. The highest BCUT2D eigenvalue weighted by molar-refractivity contribution is 6.74. The van der Waals surface area contributed by atoms with Crippen LogP contribution in [0, 0.1) is 0 Å². The normalized spacial score (nSPS) is 21.3. The zero-order valence-electron chi connectivity index (χ0n) is 14.6. The molecule has 0 spiro atoms. The SMILES string of the molecule is COC(=O)[C@H]1C[C@@H](O[Si](C)(C)C(C)(C)C)c2cc(Cl)ccc2O1. The maximum atomic E-state index is 11.9. The number of benzene rings is 1. The van der Waals surface area contributed by atoms with E-state index in [-0.39, 0.29) is 17.1 Å². The summed E-state index contributed by atoms with van der Waals surface area (Å²) in [4.78, 5) is 11.9. The predicted octanol–water partition coefficient (Wildman–Crippen LogP) is 4.73. The molecule has 0 N–H and O–H groups in total. The van der Waals surface area contributed by atoms with Gasteiger partial charge in [0, 0.05) is 17.0 Å². The van der Waals surface area contributed by atoms with E-state index in [4.69, 9.17) is 25.5 Å². The number of carbonyl (C=O) groups is 1. The molecular weight excluding hydrogens is 332 g/mol. The summed E-state index contributed by atoms with van der Waals surface area (Å²) in [6.07, 6.45) is -0.433. The van der Waals surface area contributed by atoms with Crippen molar-refractivity contribution in [2.75, 3.05) is 7.11 Å². The minimum Gasteiger partial charge on any atom is -0.478 e. The van der Waals surface area contributed by atoms with Crippen LogP contribution in [0.15, 0.2) is 18.2 Å². The van der Waals surface area contributed by atoms with Crippen LogP contribution in [0.3, 0.4) is 0 Å². The highest BCUT2D eigenvalue weighted by Crippen LogP contribution is 2.45. The Labute approximate surface area is 144 Å². The van der Waals surface area contributed by atoms with Crippen LogP contribution in [-0.4, -0.2) is 27.5 Å². The van der Waals surface area contributed by atoms with E-state index < -0.39 is 14.4 Å². The largest absolute Gasteiger partial charge is 0.478 e. The van der Waals surface area contributed by atoms with Gasteiger partial charge < -0.3 is 13.9 Å². The first-order chi connectivity index (χ1) is 10.5. The van der Waals surface area contributed by atoms with Crippen molar-refractivity contribution in [3.05, 3.63) is 28.8 Å². The summed E-state index contributed by atoms with van der Waals surface area (Å²) in [6, 6.07) is 5.40. The van der Waals surface area contributed by atoms with Crippen LogP contribution in [0.2, 0.25) is 23.2 Å². The van der Waals surface area contributed by atoms with Gasteiger partial charge in [0.1, 0.15) is 5.75 Å². The Bertz CT molecular complexity index is 595. The van der Waals surface area contributed by atoms with E-state index in [0.717, 1.165) is 5.56 Å². The lowest BCUT2D eigenvalue weighted by Crippen LogP contribution is -2.44. The number of ether oxygens (including phenoxy) is 2. The van der Waals surface area contributed by atoms with Crippen LogP contribution in [0.1, 0.15) is 38.9 Å². The molecule has 1 aliphatic rings. The fraction of sp³-hybridized carbons (Fsp3) is 0.588. The lowest BCUT2D eigenvalue weighted by Gasteiger charge is -2.41. The molecule has 23 heavy (non-hydrogen) atoms. The molecule has 128 valence electrons. The summed E-state index contributed by atoms with van der Waals surface area (Å²) in [5, 5.41) is 0.706. The third kappa shape index (κ3) is 3.90. The lowest BCUT2D eigenvalue weighted by atomic mass is 9.99. The zero-order valence-corrected chi connectivity index (χ0v) is 16.4. The Hall–Kier alpha value is -1.04. The van der Waals surface area contributed by atoms with Gasteiger partial charge in [-0.2, -0.15) is 0 Å². The molecule has 2 rings (SSSR count). The summed E-state index contributed by atoms with van der Waals surface area (Å²) in [7, 11) is -0.636.